The maximum atomic E-state index is 5.60. The van der Waals surface area contributed by atoms with E-state index in [1.807, 2.05) is 12.1 Å². The minimum atomic E-state index is 0.524. The van der Waals surface area contributed by atoms with E-state index in [0.717, 1.165) is 18.8 Å². The van der Waals surface area contributed by atoms with E-state index in [-0.39, 0.29) is 0 Å². The predicted octanol–water partition coefficient (Wildman–Crippen LogP) is 2.29. The Balaban J connectivity index is 2.84. The summed E-state index contributed by atoms with van der Waals surface area (Å²) in [6, 6.07) is 4.40. The van der Waals surface area contributed by atoms with E-state index in [9.17, 15) is 0 Å². The first kappa shape index (κ1) is 10.8. The molecule has 0 saturated carbocycles. The van der Waals surface area contributed by atoms with Crippen molar-refractivity contribution in [2.45, 2.75) is 33.2 Å². The van der Waals surface area contributed by atoms with Gasteiger partial charge in [0.25, 0.3) is 0 Å². The Hall–Kier alpha value is -1.25. The largest absolute Gasteiger partial charge is 0.397 e. The fourth-order valence-electron chi connectivity index (χ4n) is 1.49. The zero-order valence-corrected chi connectivity index (χ0v) is 9.20. The minimum Gasteiger partial charge on any atom is -0.397 e. The topological polar surface area (TPSA) is 42.1 Å². The summed E-state index contributed by atoms with van der Waals surface area (Å²) in [6.07, 6.45) is 2.83. The number of nitrogens with two attached hydrogens (primary N) is 1. The highest BCUT2D eigenvalue weighted by Gasteiger charge is 2.11. The Morgan fingerprint density at radius 2 is 2.14 bits per heavy atom. The average molecular weight is 193 g/mol. The summed E-state index contributed by atoms with van der Waals surface area (Å²) in [5.74, 6) is 1.01. The van der Waals surface area contributed by atoms with Crippen molar-refractivity contribution in [1.29, 1.82) is 0 Å². The highest BCUT2D eigenvalue weighted by Crippen LogP contribution is 2.16. The van der Waals surface area contributed by atoms with Gasteiger partial charge in [-0.25, -0.2) is 4.98 Å². The van der Waals surface area contributed by atoms with Crippen LogP contribution in [0, 0.1) is 0 Å². The molecule has 0 saturated heterocycles. The summed E-state index contributed by atoms with van der Waals surface area (Å²) in [7, 11) is 0. The average Bonchev–Trinajstić information content (AvgIpc) is 2.21. The van der Waals surface area contributed by atoms with Crippen molar-refractivity contribution in [3.05, 3.63) is 18.3 Å². The van der Waals surface area contributed by atoms with E-state index in [2.05, 4.69) is 30.7 Å². The van der Waals surface area contributed by atoms with Crippen molar-refractivity contribution in [3.63, 3.8) is 0 Å². The Morgan fingerprint density at radius 1 is 1.43 bits per heavy atom. The van der Waals surface area contributed by atoms with Crippen LogP contribution < -0.4 is 10.6 Å². The third-order valence-electron chi connectivity index (χ3n) is 2.53. The summed E-state index contributed by atoms with van der Waals surface area (Å²) in [5, 5.41) is 0. The van der Waals surface area contributed by atoms with Gasteiger partial charge in [-0.2, -0.15) is 0 Å². The molecule has 14 heavy (non-hydrogen) atoms. The SMILES string of the molecule is CCC(C)N(CC)c1ccc(N)cn1. The molecule has 0 aliphatic rings. The number of pyridine rings is 1. The lowest BCUT2D eigenvalue weighted by Gasteiger charge is -2.28. The van der Waals surface area contributed by atoms with Crippen LogP contribution in [0.1, 0.15) is 27.2 Å². The first-order valence-corrected chi connectivity index (χ1v) is 5.17. The number of nitrogens with zero attached hydrogens (tertiary/aromatic N) is 2. The second kappa shape index (κ2) is 4.84. The second-order valence-electron chi connectivity index (χ2n) is 3.49. The number of aromatic nitrogens is 1. The minimum absolute atomic E-state index is 0.524. The number of rotatable bonds is 4. The molecule has 0 amide bonds. The van der Waals surface area contributed by atoms with Crippen molar-refractivity contribution in [1.82, 2.24) is 4.98 Å². The molecule has 3 nitrogen and oxygen atoms in total. The molecular formula is C11H19N3. The molecule has 78 valence electrons. The Kier molecular flexibility index (Phi) is 3.74. The molecule has 2 N–H and O–H groups in total. The maximum Gasteiger partial charge on any atom is 0.128 e. The molecule has 1 aromatic heterocycles. The van der Waals surface area contributed by atoms with Gasteiger partial charge in [0.1, 0.15) is 5.82 Å². The first-order chi connectivity index (χ1) is 6.69. The van der Waals surface area contributed by atoms with E-state index in [1.165, 1.54) is 0 Å². The van der Waals surface area contributed by atoms with E-state index >= 15 is 0 Å². The lowest BCUT2D eigenvalue weighted by atomic mass is 10.2. The first-order valence-electron chi connectivity index (χ1n) is 5.17. The molecule has 0 fully saturated rings. The summed E-state index contributed by atoms with van der Waals surface area (Å²) in [5.41, 5.74) is 6.31. The monoisotopic (exact) mass is 193 g/mol. The summed E-state index contributed by atoms with van der Waals surface area (Å²) in [6.45, 7) is 7.52. The molecular weight excluding hydrogens is 174 g/mol. The van der Waals surface area contributed by atoms with Gasteiger partial charge in [-0.1, -0.05) is 6.92 Å². The van der Waals surface area contributed by atoms with Gasteiger partial charge in [-0.15, -0.1) is 0 Å². The molecule has 0 aliphatic heterocycles. The van der Waals surface area contributed by atoms with Crippen molar-refractivity contribution in [3.8, 4) is 0 Å². The molecule has 3 heteroatoms. The lowest BCUT2D eigenvalue weighted by Crippen LogP contribution is -2.32. The van der Waals surface area contributed by atoms with Gasteiger partial charge in [-0.05, 0) is 32.4 Å². The standard InChI is InChI=1S/C11H19N3/c1-4-9(3)14(5-2)11-7-6-10(12)8-13-11/h6-9H,4-5,12H2,1-3H3. The van der Waals surface area contributed by atoms with Crippen molar-refractivity contribution in [2.24, 2.45) is 0 Å². The highest BCUT2D eigenvalue weighted by molar-refractivity contribution is 5.46. The van der Waals surface area contributed by atoms with Gasteiger partial charge in [0, 0.05) is 12.6 Å². The number of nitrogen functional groups attached to an aromatic ring is 1. The number of anilines is 2. The Labute approximate surface area is 85.9 Å². The third-order valence-corrected chi connectivity index (χ3v) is 2.53. The quantitative estimate of drug-likeness (QED) is 0.797. The molecule has 0 radical (unpaired) electrons. The molecule has 1 aromatic rings. The van der Waals surface area contributed by atoms with Gasteiger partial charge < -0.3 is 10.6 Å². The van der Waals surface area contributed by atoms with Crippen molar-refractivity contribution in [2.75, 3.05) is 17.2 Å². The van der Waals surface area contributed by atoms with Crippen LogP contribution >= 0.6 is 0 Å². The fraction of sp³-hybridized carbons (Fsp3) is 0.545. The molecule has 1 unspecified atom stereocenters. The summed E-state index contributed by atoms with van der Waals surface area (Å²) < 4.78 is 0. The highest BCUT2D eigenvalue weighted by atomic mass is 15.2. The van der Waals surface area contributed by atoms with E-state index in [1.54, 1.807) is 6.20 Å². The smallest absolute Gasteiger partial charge is 0.128 e. The second-order valence-corrected chi connectivity index (χ2v) is 3.49. The molecule has 1 heterocycles. The Bertz CT molecular complexity index is 268. The Morgan fingerprint density at radius 3 is 2.57 bits per heavy atom. The fourth-order valence-corrected chi connectivity index (χ4v) is 1.49. The third kappa shape index (κ3) is 2.37. The van der Waals surface area contributed by atoms with Crippen LogP contribution in [0.25, 0.3) is 0 Å². The maximum absolute atomic E-state index is 5.60. The van der Waals surface area contributed by atoms with Crippen LogP contribution in [0.4, 0.5) is 11.5 Å². The van der Waals surface area contributed by atoms with Gasteiger partial charge in [0.05, 0.1) is 11.9 Å². The van der Waals surface area contributed by atoms with Crippen molar-refractivity contribution < 1.29 is 0 Å². The molecule has 0 aromatic carbocycles. The zero-order chi connectivity index (χ0) is 10.6. The van der Waals surface area contributed by atoms with Gasteiger partial charge in [0.2, 0.25) is 0 Å². The lowest BCUT2D eigenvalue weighted by molar-refractivity contribution is 0.623. The number of hydrogen-bond acceptors (Lipinski definition) is 3. The predicted molar refractivity (Wildman–Crippen MR) is 61.4 cm³/mol. The normalized spacial score (nSPS) is 12.5. The van der Waals surface area contributed by atoms with Gasteiger partial charge >= 0.3 is 0 Å². The summed E-state index contributed by atoms with van der Waals surface area (Å²) in [4.78, 5) is 6.60. The van der Waals surface area contributed by atoms with Crippen LogP contribution in [0.3, 0.4) is 0 Å². The van der Waals surface area contributed by atoms with E-state index < -0.39 is 0 Å². The van der Waals surface area contributed by atoms with Crippen LogP contribution in [0.15, 0.2) is 18.3 Å². The zero-order valence-electron chi connectivity index (χ0n) is 9.20. The van der Waals surface area contributed by atoms with Crippen LogP contribution in [0.5, 0.6) is 0 Å². The van der Waals surface area contributed by atoms with E-state index in [0.29, 0.717) is 11.7 Å². The van der Waals surface area contributed by atoms with Gasteiger partial charge in [0.15, 0.2) is 0 Å². The summed E-state index contributed by atoms with van der Waals surface area (Å²) >= 11 is 0. The van der Waals surface area contributed by atoms with Crippen molar-refractivity contribution >= 4 is 11.5 Å². The molecule has 0 spiro atoms. The van der Waals surface area contributed by atoms with Crippen LogP contribution in [0.2, 0.25) is 0 Å². The molecule has 1 atom stereocenters. The molecule has 1 rings (SSSR count). The van der Waals surface area contributed by atoms with Gasteiger partial charge in [-0.3, -0.25) is 0 Å². The number of hydrogen-bond donors (Lipinski definition) is 1. The van der Waals surface area contributed by atoms with Crippen LogP contribution in [-0.4, -0.2) is 17.6 Å². The molecule has 0 aliphatic carbocycles. The van der Waals surface area contributed by atoms with Crippen LogP contribution in [-0.2, 0) is 0 Å². The molecule has 0 bridgehead atoms. The van der Waals surface area contributed by atoms with E-state index in [4.69, 9.17) is 5.73 Å².